The topological polar surface area (TPSA) is 96.0 Å². The zero-order valence-corrected chi connectivity index (χ0v) is 16.0. The summed E-state index contributed by atoms with van der Waals surface area (Å²) in [5.41, 5.74) is -0.0930. The molecule has 1 saturated heterocycles. The Morgan fingerprint density at radius 2 is 1.81 bits per heavy atom. The van der Waals surface area contributed by atoms with Crippen LogP contribution in [0.25, 0.3) is 0 Å². The number of imide groups is 1. The van der Waals surface area contributed by atoms with E-state index in [4.69, 9.17) is 4.74 Å². The van der Waals surface area contributed by atoms with Crippen LogP contribution in [-0.4, -0.2) is 58.3 Å². The highest BCUT2D eigenvalue weighted by Gasteiger charge is 2.45. The Labute approximate surface area is 158 Å². The lowest BCUT2D eigenvalue weighted by Crippen LogP contribution is -2.42. The molecule has 146 valence electrons. The Bertz CT molecular complexity index is 730. The van der Waals surface area contributed by atoms with Gasteiger partial charge in [-0.25, -0.2) is 4.79 Å². The predicted octanol–water partition coefficient (Wildman–Crippen LogP) is 1.30. The van der Waals surface area contributed by atoms with Gasteiger partial charge in [-0.15, -0.1) is 0 Å². The van der Waals surface area contributed by atoms with E-state index in [-0.39, 0.29) is 11.9 Å². The molecular weight excluding hydrogens is 350 g/mol. The maximum Gasteiger partial charge on any atom is 0.326 e. The molecule has 0 aromatic heterocycles. The number of nitrogens with one attached hydrogen (secondary N) is 1. The summed E-state index contributed by atoms with van der Waals surface area (Å²) < 4.78 is 5.00. The third kappa shape index (κ3) is 5.06. The zero-order valence-electron chi connectivity index (χ0n) is 16.0. The number of rotatable bonds is 7. The summed E-state index contributed by atoms with van der Waals surface area (Å²) in [7, 11) is 0. The molecule has 1 heterocycles. The standard InChI is InChI=1S/C19H25N3O5/c1-13(2)21(10-14-8-6-5-7-9-14)15(23)12-27-16(24)11-22-17(25)19(3,4)20-18(22)26/h5-9,13H,10-12H2,1-4H3,(H,20,26). The van der Waals surface area contributed by atoms with E-state index in [1.165, 1.54) is 0 Å². The number of esters is 1. The number of hydrogen-bond donors (Lipinski definition) is 1. The zero-order chi connectivity index (χ0) is 20.2. The lowest BCUT2D eigenvalue weighted by molar-refractivity contribution is -0.154. The number of amides is 4. The van der Waals surface area contributed by atoms with E-state index in [0.29, 0.717) is 6.54 Å². The van der Waals surface area contributed by atoms with Crippen molar-refractivity contribution in [2.75, 3.05) is 13.2 Å². The van der Waals surface area contributed by atoms with E-state index in [0.717, 1.165) is 10.5 Å². The SMILES string of the molecule is CC(C)N(Cc1ccccc1)C(=O)COC(=O)CN1C(=O)NC(C)(C)C1=O. The van der Waals surface area contributed by atoms with Crippen LogP contribution in [0, 0.1) is 0 Å². The van der Waals surface area contributed by atoms with Gasteiger partial charge in [-0.1, -0.05) is 30.3 Å². The first-order valence-electron chi connectivity index (χ1n) is 8.75. The number of nitrogens with zero attached hydrogens (tertiary/aromatic N) is 2. The first-order valence-corrected chi connectivity index (χ1v) is 8.75. The van der Waals surface area contributed by atoms with Gasteiger partial charge in [-0.2, -0.15) is 0 Å². The Morgan fingerprint density at radius 3 is 2.33 bits per heavy atom. The first-order chi connectivity index (χ1) is 12.6. The normalized spacial score (nSPS) is 15.7. The quantitative estimate of drug-likeness (QED) is 0.572. The Balaban J connectivity index is 1.90. The van der Waals surface area contributed by atoms with Crippen LogP contribution in [-0.2, 0) is 25.7 Å². The molecule has 8 heteroatoms. The minimum Gasteiger partial charge on any atom is -0.454 e. The number of benzene rings is 1. The van der Waals surface area contributed by atoms with Crippen LogP contribution in [0.15, 0.2) is 30.3 Å². The van der Waals surface area contributed by atoms with Crippen LogP contribution in [0.2, 0.25) is 0 Å². The molecule has 2 rings (SSSR count). The Kier molecular flexibility index (Phi) is 6.20. The van der Waals surface area contributed by atoms with E-state index in [9.17, 15) is 19.2 Å². The number of urea groups is 1. The average molecular weight is 375 g/mol. The van der Waals surface area contributed by atoms with Crippen LogP contribution in [0.1, 0.15) is 33.3 Å². The molecule has 0 saturated carbocycles. The molecule has 0 unspecified atom stereocenters. The lowest BCUT2D eigenvalue weighted by Gasteiger charge is -2.26. The van der Waals surface area contributed by atoms with Crippen LogP contribution in [0.5, 0.6) is 0 Å². The molecule has 0 bridgehead atoms. The molecule has 0 aliphatic carbocycles. The molecule has 0 radical (unpaired) electrons. The Hall–Kier alpha value is -2.90. The fourth-order valence-corrected chi connectivity index (χ4v) is 2.70. The third-order valence-corrected chi connectivity index (χ3v) is 4.23. The van der Waals surface area contributed by atoms with E-state index >= 15 is 0 Å². The van der Waals surface area contributed by atoms with Gasteiger partial charge < -0.3 is 15.0 Å². The van der Waals surface area contributed by atoms with Gasteiger partial charge >= 0.3 is 12.0 Å². The highest BCUT2D eigenvalue weighted by molar-refractivity contribution is 6.08. The van der Waals surface area contributed by atoms with Gasteiger partial charge in [-0.05, 0) is 33.3 Å². The molecule has 27 heavy (non-hydrogen) atoms. The van der Waals surface area contributed by atoms with Gasteiger partial charge in [0.15, 0.2) is 6.61 Å². The monoisotopic (exact) mass is 375 g/mol. The summed E-state index contributed by atoms with van der Waals surface area (Å²) in [6, 6.07) is 8.76. The molecule has 1 aliphatic heterocycles. The Morgan fingerprint density at radius 1 is 1.19 bits per heavy atom. The van der Waals surface area contributed by atoms with Crippen molar-refractivity contribution in [3.63, 3.8) is 0 Å². The lowest BCUT2D eigenvalue weighted by atomic mass is 10.1. The number of carbonyl (C=O) groups is 4. The molecule has 1 fully saturated rings. The molecule has 0 atom stereocenters. The van der Waals surface area contributed by atoms with Crippen molar-refractivity contribution in [2.24, 2.45) is 0 Å². The molecule has 1 aromatic carbocycles. The summed E-state index contributed by atoms with van der Waals surface area (Å²) >= 11 is 0. The molecule has 1 N–H and O–H groups in total. The van der Waals surface area contributed by atoms with Crippen LogP contribution in [0.3, 0.4) is 0 Å². The van der Waals surface area contributed by atoms with Gasteiger partial charge in [0.1, 0.15) is 12.1 Å². The van der Waals surface area contributed by atoms with E-state index in [2.05, 4.69) is 5.32 Å². The molecular formula is C19H25N3O5. The maximum atomic E-state index is 12.5. The minimum atomic E-state index is -1.06. The van der Waals surface area contributed by atoms with E-state index in [1.54, 1.807) is 18.7 Å². The predicted molar refractivity (Wildman–Crippen MR) is 97.4 cm³/mol. The molecule has 1 aromatic rings. The molecule has 0 spiro atoms. The van der Waals surface area contributed by atoms with Gasteiger partial charge in [0.05, 0.1) is 0 Å². The van der Waals surface area contributed by atoms with Crippen molar-refractivity contribution in [3.05, 3.63) is 35.9 Å². The summed E-state index contributed by atoms with van der Waals surface area (Å²) in [6.07, 6.45) is 0. The van der Waals surface area contributed by atoms with Gasteiger partial charge in [0.25, 0.3) is 11.8 Å². The second-order valence-electron chi connectivity index (χ2n) is 7.21. The second kappa shape index (κ2) is 8.20. The largest absolute Gasteiger partial charge is 0.454 e. The highest BCUT2D eigenvalue weighted by atomic mass is 16.5. The second-order valence-corrected chi connectivity index (χ2v) is 7.21. The van der Waals surface area contributed by atoms with Crippen molar-refractivity contribution in [3.8, 4) is 0 Å². The van der Waals surface area contributed by atoms with Gasteiger partial charge in [0, 0.05) is 12.6 Å². The number of hydrogen-bond acceptors (Lipinski definition) is 5. The van der Waals surface area contributed by atoms with Gasteiger partial charge in [0.2, 0.25) is 0 Å². The van der Waals surface area contributed by atoms with Crippen LogP contribution < -0.4 is 5.32 Å². The average Bonchev–Trinajstić information content (AvgIpc) is 2.80. The molecule has 8 nitrogen and oxygen atoms in total. The van der Waals surface area contributed by atoms with Crippen molar-refractivity contribution in [1.82, 2.24) is 15.1 Å². The molecule has 1 aliphatic rings. The summed E-state index contributed by atoms with van der Waals surface area (Å²) in [6.45, 7) is 6.27. The fraction of sp³-hybridized carbons (Fsp3) is 0.474. The van der Waals surface area contributed by atoms with Crippen molar-refractivity contribution < 1.29 is 23.9 Å². The summed E-state index contributed by atoms with van der Waals surface area (Å²) in [5.74, 6) is -1.67. The number of ether oxygens (including phenoxy) is 1. The van der Waals surface area contributed by atoms with Crippen LogP contribution >= 0.6 is 0 Å². The first kappa shape index (κ1) is 20.4. The highest BCUT2D eigenvalue weighted by Crippen LogP contribution is 2.16. The smallest absolute Gasteiger partial charge is 0.326 e. The molecule has 4 amide bonds. The van der Waals surface area contributed by atoms with Crippen molar-refractivity contribution in [1.29, 1.82) is 0 Å². The van der Waals surface area contributed by atoms with E-state index in [1.807, 2.05) is 44.2 Å². The van der Waals surface area contributed by atoms with Crippen molar-refractivity contribution >= 4 is 23.8 Å². The minimum absolute atomic E-state index is 0.0804. The van der Waals surface area contributed by atoms with E-state index < -0.39 is 36.6 Å². The summed E-state index contributed by atoms with van der Waals surface area (Å²) in [5, 5.41) is 2.48. The van der Waals surface area contributed by atoms with Crippen molar-refractivity contribution in [2.45, 2.75) is 45.8 Å². The number of carbonyl (C=O) groups excluding carboxylic acids is 4. The summed E-state index contributed by atoms with van der Waals surface area (Å²) in [4.78, 5) is 50.7. The third-order valence-electron chi connectivity index (χ3n) is 4.23. The van der Waals surface area contributed by atoms with Crippen LogP contribution in [0.4, 0.5) is 4.79 Å². The fourth-order valence-electron chi connectivity index (χ4n) is 2.70. The van der Waals surface area contributed by atoms with Gasteiger partial charge in [-0.3, -0.25) is 19.3 Å². The maximum absolute atomic E-state index is 12.5.